The smallest absolute Gasteiger partial charge is 0.225 e. The molecule has 3 N–H and O–H groups in total. The predicted octanol–water partition coefficient (Wildman–Crippen LogP) is 2.15. The first-order chi connectivity index (χ1) is 13.5. The summed E-state index contributed by atoms with van der Waals surface area (Å²) in [6.45, 7) is 4.87. The van der Waals surface area contributed by atoms with Crippen molar-refractivity contribution in [2.75, 3.05) is 50.4 Å². The first-order valence-corrected chi connectivity index (χ1v) is 9.40. The number of fused-ring (bicyclic) bond motifs is 1. The maximum absolute atomic E-state index is 13.6. The molecule has 0 unspecified atom stereocenters. The second-order valence-electron chi connectivity index (χ2n) is 6.61. The van der Waals surface area contributed by atoms with E-state index in [0.717, 1.165) is 32.8 Å². The Bertz CT molecular complexity index is 1000. The van der Waals surface area contributed by atoms with Gasteiger partial charge in [-0.2, -0.15) is 10.1 Å². The van der Waals surface area contributed by atoms with Crippen molar-refractivity contribution >= 4 is 34.4 Å². The largest absolute Gasteiger partial charge is 0.383 e. The van der Waals surface area contributed by atoms with Gasteiger partial charge in [-0.3, -0.25) is 9.58 Å². The zero-order valence-corrected chi connectivity index (χ0v) is 16.2. The van der Waals surface area contributed by atoms with Crippen LogP contribution in [0.2, 0.25) is 5.02 Å². The first kappa shape index (κ1) is 18.9. The topological polar surface area (TPSA) is 94.1 Å². The number of aryl methyl sites for hydroxylation is 1. The fourth-order valence-corrected chi connectivity index (χ4v) is 3.38. The van der Waals surface area contributed by atoms with Gasteiger partial charge in [-0.15, -0.1) is 0 Å². The zero-order valence-electron chi connectivity index (χ0n) is 15.5. The molecule has 0 spiro atoms. The van der Waals surface area contributed by atoms with Gasteiger partial charge < -0.3 is 15.8 Å². The number of rotatable bonds is 5. The molecule has 4 rings (SSSR count). The van der Waals surface area contributed by atoms with E-state index in [0.29, 0.717) is 40.6 Å². The highest BCUT2D eigenvalue weighted by molar-refractivity contribution is 6.31. The predicted molar refractivity (Wildman–Crippen MR) is 107 cm³/mol. The summed E-state index contributed by atoms with van der Waals surface area (Å²) < 4.78 is 20.5. The second kappa shape index (κ2) is 7.86. The fraction of sp³-hybridized carbons (Fsp3) is 0.389. The number of anilines is 2. The highest BCUT2D eigenvalue weighted by Gasteiger charge is 2.18. The molecule has 3 aromatic rings. The lowest BCUT2D eigenvalue weighted by molar-refractivity contribution is 0.0398. The zero-order chi connectivity index (χ0) is 19.7. The van der Waals surface area contributed by atoms with E-state index in [1.54, 1.807) is 17.8 Å². The molecule has 1 saturated heterocycles. The molecule has 0 atom stereocenters. The molecule has 0 amide bonds. The SMILES string of the molecule is Cn1nc2nc(NCCN3CCOCC3)nc(-c3ccc(F)c(Cl)c3)c2c1N. The number of morpholine rings is 1. The van der Waals surface area contributed by atoms with Crippen molar-refractivity contribution in [3.63, 3.8) is 0 Å². The third kappa shape index (κ3) is 3.73. The summed E-state index contributed by atoms with van der Waals surface area (Å²) in [4.78, 5) is 11.4. The number of nitrogen functional groups attached to an aromatic ring is 1. The van der Waals surface area contributed by atoms with E-state index >= 15 is 0 Å². The minimum absolute atomic E-state index is 0.0218. The number of ether oxygens (including phenoxy) is 1. The lowest BCUT2D eigenvalue weighted by Crippen LogP contribution is -2.39. The fourth-order valence-electron chi connectivity index (χ4n) is 3.20. The Morgan fingerprint density at radius 2 is 2.07 bits per heavy atom. The van der Waals surface area contributed by atoms with E-state index in [-0.39, 0.29) is 5.02 Å². The molecule has 2 aromatic heterocycles. The van der Waals surface area contributed by atoms with Crippen molar-refractivity contribution in [3.05, 3.63) is 29.0 Å². The monoisotopic (exact) mass is 405 g/mol. The molecule has 0 aliphatic carbocycles. The van der Waals surface area contributed by atoms with Crippen LogP contribution in [0.15, 0.2) is 18.2 Å². The highest BCUT2D eigenvalue weighted by atomic mass is 35.5. The molecule has 0 saturated carbocycles. The van der Waals surface area contributed by atoms with Crippen molar-refractivity contribution in [1.82, 2.24) is 24.6 Å². The first-order valence-electron chi connectivity index (χ1n) is 9.02. The van der Waals surface area contributed by atoms with Gasteiger partial charge in [-0.1, -0.05) is 11.6 Å². The molecule has 28 heavy (non-hydrogen) atoms. The Morgan fingerprint density at radius 3 is 2.82 bits per heavy atom. The van der Waals surface area contributed by atoms with Crippen molar-refractivity contribution in [1.29, 1.82) is 0 Å². The van der Waals surface area contributed by atoms with Crippen LogP contribution < -0.4 is 11.1 Å². The highest BCUT2D eigenvalue weighted by Crippen LogP contribution is 2.32. The van der Waals surface area contributed by atoms with E-state index in [4.69, 9.17) is 22.1 Å². The number of nitrogens with one attached hydrogen (secondary N) is 1. The molecule has 1 aliphatic heterocycles. The molecule has 8 nitrogen and oxygen atoms in total. The number of nitrogens with zero attached hydrogens (tertiary/aromatic N) is 5. The third-order valence-electron chi connectivity index (χ3n) is 4.75. The summed E-state index contributed by atoms with van der Waals surface area (Å²) >= 11 is 5.97. The molecule has 0 radical (unpaired) electrons. The summed E-state index contributed by atoms with van der Waals surface area (Å²) in [6.07, 6.45) is 0. The number of aromatic nitrogens is 4. The van der Waals surface area contributed by atoms with Crippen LogP contribution in [-0.4, -0.2) is 64.0 Å². The molecular weight excluding hydrogens is 385 g/mol. The number of halogens is 2. The number of nitrogens with two attached hydrogens (primary N) is 1. The van der Waals surface area contributed by atoms with Crippen molar-refractivity contribution in [3.8, 4) is 11.3 Å². The molecular formula is C18H21ClFN7O. The van der Waals surface area contributed by atoms with Crippen molar-refractivity contribution in [2.45, 2.75) is 0 Å². The third-order valence-corrected chi connectivity index (χ3v) is 5.04. The van der Waals surface area contributed by atoms with Gasteiger partial charge in [-0.25, -0.2) is 9.37 Å². The molecule has 10 heteroatoms. The van der Waals surface area contributed by atoms with Crippen LogP contribution in [0.4, 0.5) is 16.2 Å². The van der Waals surface area contributed by atoms with E-state index in [2.05, 4.69) is 25.3 Å². The summed E-state index contributed by atoms with van der Waals surface area (Å²) in [5, 5.41) is 8.25. The molecule has 0 bridgehead atoms. The lowest BCUT2D eigenvalue weighted by atomic mass is 10.1. The van der Waals surface area contributed by atoms with Crippen molar-refractivity contribution < 1.29 is 9.13 Å². The number of benzene rings is 1. The molecule has 1 fully saturated rings. The summed E-state index contributed by atoms with van der Waals surface area (Å²) in [7, 11) is 1.74. The Labute approximate surface area is 166 Å². The Morgan fingerprint density at radius 1 is 1.29 bits per heavy atom. The van der Waals surface area contributed by atoms with Gasteiger partial charge in [0.15, 0.2) is 5.65 Å². The Hall–Kier alpha value is -2.49. The number of hydrogen-bond acceptors (Lipinski definition) is 7. The van der Waals surface area contributed by atoms with Crippen LogP contribution >= 0.6 is 11.6 Å². The second-order valence-corrected chi connectivity index (χ2v) is 7.02. The Balaban J connectivity index is 1.65. The maximum atomic E-state index is 13.6. The lowest BCUT2D eigenvalue weighted by Gasteiger charge is -2.26. The van der Waals surface area contributed by atoms with Crippen LogP contribution in [0.5, 0.6) is 0 Å². The van der Waals surface area contributed by atoms with Crippen molar-refractivity contribution in [2.24, 2.45) is 7.05 Å². The standard InChI is InChI=1S/C18H21ClFN7O/c1-26-16(21)14-15(11-2-3-13(20)12(19)10-11)23-18(24-17(14)25-26)22-4-5-27-6-8-28-9-7-27/h2-3,10H,4-9,21H2,1H3,(H,22,24,25). The van der Waals surface area contributed by atoms with E-state index in [1.165, 1.54) is 12.1 Å². The van der Waals surface area contributed by atoms with Crippen LogP contribution in [0.3, 0.4) is 0 Å². The van der Waals surface area contributed by atoms with Gasteiger partial charge in [0.05, 0.1) is 29.3 Å². The van der Waals surface area contributed by atoms with Crippen LogP contribution in [0, 0.1) is 5.82 Å². The minimum atomic E-state index is -0.487. The average Bonchev–Trinajstić information content (AvgIpc) is 2.98. The van der Waals surface area contributed by atoms with Crippen LogP contribution in [0.1, 0.15) is 0 Å². The van der Waals surface area contributed by atoms with Gasteiger partial charge in [-0.05, 0) is 18.2 Å². The minimum Gasteiger partial charge on any atom is -0.383 e. The van der Waals surface area contributed by atoms with Gasteiger partial charge in [0.1, 0.15) is 11.6 Å². The van der Waals surface area contributed by atoms with E-state index in [9.17, 15) is 4.39 Å². The van der Waals surface area contributed by atoms with Crippen LogP contribution in [-0.2, 0) is 11.8 Å². The average molecular weight is 406 g/mol. The van der Waals surface area contributed by atoms with Gasteiger partial charge in [0, 0.05) is 38.8 Å². The van der Waals surface area contributed by atoms with Crippen LogP contribution in [0.25, 0.3) is 22.3 Å². The Kier molecular flexibility index (Phi) is 5.29. The summed E-state index contributed by atoms with van der Waals surface area (Å²) in [5.41, 5.74) is 7.85. The van der Waals surface area contributed by atoms with Gasteiger partial charge in [0.25, 0.3) is 0 Å². The van der Waals surface area contributed by atoms with E-state index < -0.39 is 5.82 Å². The summed E-state index contributed by atoms with van der Waals surface area (Å²) in [6, 6.07) is 4.46. The quantitative estimate of drug-likeness (QED) is 0.671. The molecule has 148 valence electrons. The normalized spacial score (nSPS) is 15.2. The van der Waals surface area contributed by atoms with E-state index in [1.807, 2.05) is 0 Å². The van der Waals surface area contributed by atoms with Gasteiger partial charge >= 0.3 is 0 Å². The molecule has 1 aliphatic rings. The molecule has 1 aromatic carbocycles. The summed E-state index contributed by atoms with van der Waals surface area (Å²) in [5.74, 6) is 0.387. The van der Waals surface area contributed by atoms with Gasteiger partial charge in [0.2, 0.25) is 5.95 Å². The molecule has 3 heterocycles. The maximum Gasteiger partial charge on any atom is 0.225 e. The number of hydrogen-bond donors (Lipinski definition) is 2.